The predicted octanol–water partition coefficient (Wildman–Crippen LogP) is 8.63. The molecule has 11 heteroatoms. The zero-order valence-corrected chi connectivity index (χ0v) is 20.7. The van der Waals surface area contributed by atoms with Crippen LogP contribution in [0.3, 0.4) is 0 Å². The summed E-state index contributed by atoms with van der Waals surface area (Å²) < 4.78 is 20.3. The lowest BCUT2D eigenvalue weighted by Gasteiger charge is -2.08. The van der Waals surface area contributed by atoms with E-state index in [-0.39, 0.29) is 34.1 Å². The molecule has 0 bridgehead atoms. The molecule has 190 valence electrons. The molecule has 0 aliphatic heterocycles. The Balaban J connectivity index is 1.60. The summed E-state index contributed by atoms with van der Waals surface area (Å²) in [6, 6.07) is 19.5. The van der Waals surface area contributed by atoms with Gasteiger partial charge >= 0.3 is 6.16 Å². The Hall–Kier alpha value is -4.60. The van der Waals surface area contributed by atoms with Crippen LogP contribution in [0.25, 0.3) is 27.7 Å². The fourth-order valence-corrected chi connectivity index (χ4v) is 4.55. The molecule has 0 atom stereocenters. The van der Waals surface area contributed by atoms with Crippen molar-refractivity contribution in [2.45, 2.75) is 0 Å². The van der Waals surface area contributed by atoms with Crippen molar-refractivity contribution in [3.63, 3.8) is 0 Å². The van der Waals surface area contributed by atoms with Gasteiger partial charge in [0, 0.05) is 21.0 Å². The van der Waals surface area contributed by atoms with E-state index in [4.69, 9.17) is 28.3 Å². The summed E-state index contributed by atoms with van der Waals surface area (Å²) in [5.74, 6) is -1.08. The average molecular weight is 552 g/mol. The van der Waals surface area contributed by atoms with Crippen molar-refractivity contribution in [1.29, 1.82) is 0 Å². The van der Waals surface area contributed by atoms with Crippen molar-refractivity contribution in [3.05, 3.63) is 94.7 Å². The molecule has 38 heavy (non-hydrogen) atoms. The Kier molecular flexibility index (Phi) is 6.62. The molecule has 1 heterocycles. The van der Waals surface area contributed by atoms with Gasteiger partial charge in [-0.1, -0.05) is 47.5 Å². The molecule has 0 saturated carbocycles. The molecule has 0 aliphatic carbocycles. The molecule has 0 spiro atoms. The molecule has 0 fully saturated rings. The fraction of sp³-hybridized carbons (Fsp3) is 0. The number of nitrogens with zero attached hydrogens (tertiary/aromatic N) is 3. The summed E-state index contributed by atoms with van der Waals surface area (Å²) in [6.07, 6.45) is -1.47. The van der Waals surface area contributed by atoms with E-state index in [0.717, 1.165) is 0 Å². The number of azo groups is 1. The number of hydrogen-bond acceptors (Lipinski definition) is 6. The van der Waals surface area contributed by atoms with Gasteiger partial charge in [0.2, 0.25) is 5.88 Å². The smallest absolute Gasteiger partial charge is 0.505 e. The number of ether oxygens (including phenoxy) is 1. The number of carboxylic acid groups (broad SMARTS) is 1. The molecule has 1 aromatic heterocycles. The Morgan fingerprint density at radius 1 is 0.895 bits per heavy atom. The zero-order valence-electron chi connectivity index (χ0n) is 19.1. The van der Waals surface area contributed by atoms with E-state index < -0.39 is 12.0 Å². The van der Waals surface area contributed by atoms with Gasteiger partial charge in [0.25, 0.3) is 0 Å². The lowest BCUT2D eigenvalue weighted by atomic mass is 10.0. The van der Waals surface area contributed by atoms with E-state index in [2.05, 4.69) is 15.0 Å². The van der Waals surface area contributed by atoms with Gasteiger partial charge in [0.05, 0.1) is 11.2 Å². The number of para-hydroxylation sites is 1. The van der Waals surface area contributed by atoms with Crippen molar-refractivity contribution in [2.24, 2.45) is 10.2 Å². The molecule has 0 radical (unpaired) electrons. The number of phenols is 1. The fourth-order valence-electron chi connectivity index (χ4n) is 4.04. The second-order valence-corrected chi connectivity index (χ2v) is 8.94. The van der Waals surface area contributed by atoms with Crippen molar-refractivity contribution >= 4 is 51.6 Å². The highest BCUT2D eigenvalue weighted by Crippen LogP contribution is 2.44. The van der Waals surface area contributed by atoms with Crippen LogP contribution in [0.5, 0.6) is 17.4 Å². The third-order valence-corrected chi connectivity index (χ3v) is 6.04. The second-order valence-electron chi connectivity index (χ2n) is 8.07. The molecular formula is C27H16Cl2FN3O5. The molecule has 0 saturated heterocycles. The Labute approximate surface area is 224 Å². The molecule has 0 amide bonds. The molecule has 8 nitrogen and oxygen atoms in total. The lowest BCUT2D eigenvalue weighted by molar-refractivity contribution is 0.144. The van der Waals surface area contributed by atoms with Crippen molar-refractivity contribution < 1.29 is 29.2 Å². The summed E-state index contributed by atoms with van der Waals surface area (Å²) in [4.78, 5) is 10.9. The molecule has 4 aromatic carbocycles. The maximum Gasteiger partial charge on any atom is 0.511 e. The number of fused-ring (bicyclic) bond motifs is 1. The number of aromatic nitrogens is 1. The molecule has 0 aliphatic rings. The minimum atomic E-state index is -1.47. The third kappa shape index (κ3) is 4.84. The maximum absolute atomic E-state index is 14.2. The average Bonchev–Trinajstić information content (AvgIpc) is 3.13. The van der Waals surface area contributed by atoms with Crippen molar-refractivity contribution in [1.82, 2.24) is 4.57 Å². The van der Waals surface area contributed by atoms with E-state index in [1.807, 2.05) is 0 Å². The molecule has 3 N–H and O–H groups in total. The number of phenolic OH excluding ortho intramolecular Hbond substituents is 1. The first-order chi connectivity index (χ1) is 18.2. The van der Waals surface area contributed by atoms with Crippen LogP contribution in [0, 0.1) is 5.82 Å². The number of rotatable bonds is 5. The Morgan fingerprint density at radius 2 is 1.63 bits per heavy atom. The minimum Gasteiger partial charge on any atom is -0.505 e. The van der Waals surface area contributed by atoms with Gasteiger partial charge in [-0.2, -0.15) is 0 Å². The van der Waals surface area contributed by atoms with Crippen LogP contribution >= 0.6 is 23.2 Å². The summed E-state index contributed by atoms with van der Waals surface area (Å²) >= 11 is 12.3. The van der Waals surface area contributed by atoms with E-state index in [0.29, 0.717) is 32.4 Å². The molecule has 5 aromatic rings. The van der Waals surface area contributed by atoms with Gasteiger partial charge < -0.3 is 20.1 Å². The summed E-state index contributed by atoms with van der Waals surface area (Å²) in [6.45, 7) is 0. The second kappa shape index (κ2) is 10.0. The first-order valence-electron chi connectivity index (χ1n) is 11.0. The third-order valence-electron chi connectivity index (χ3n) is 5.61. The monoisotopic (exact) mass is 551 g/mol. The topological polar surface area (TPSA) is 117 Å². The van der Waals surface area contributed by atoms with Crippen LogP contribution in [-0.4, -0.2) is 26.0 Å². The lowest BCUT2D eigenvalue weighted by Crippen LogP contribution is -2.02. The van der Waals surface area contributed by atoms with Gasteiger partial charge in [-0.3, -0.25) is 4.57 Å². The highest BCUT2D eigenvalue weighted by atomic mass is 35.5. The van der Waals surface area contributed by atoms with Crippen LogP contribution < -0.4 is 4.74 Å². The summed E-state index contributed by atoms with van der Waals surface area (Å²) in [5, 5.41) is 40.0. The first kappa shape index (κ1) is 25.1. The number of halogens is 3. The number of aromatic hydroxyl groups is 2. The minimum absolute atomic E-state index is 0.0442. The highest BCUT2D eigenvalue weighted by Gasteiger charge is 2.20. The zero-order chi connectivity index (χ0) is 27.0. The van der Waals surface area contributed by atoms with Crippen LogP contribution in [0.15, 0.2) is 89.1 Å². The van der Waals surface area contributed by atoms with Crippen LogP contribution in [0.4, 0.5) is 20.6 Å². The van der Waals surface area contributed by atoms with Gasteiger partial charge in [0.15, 0.2) is 11.4 Å². The predicted molar refractivity (Wildman–Crippen MR) is 141 cm³/mol. The SMILES string of the molecule is O=C(O)Oc1cccc(-c2cccc(N=Nc3c(O)n(-c4cc(Cl)cc(Cl)c4)c4ccc(F)cc34)c2O)c1. The van der Waals surface area contributed by atoms with E-state index in [1.54, 1.807) is 36.4 Å². The molecule has 5 rings (SSSR count). The highest BCUT2D eigenvalue weighted by molar-refractivity contribution is 6.34. The van der Waals surface area contributed by atoms with E-state index in [1.165, 1.54) is 47.0 Å². The van der Waals surface area contributed by atoms with E-state index >= 15 is 0 Å². The summed E-state index contributed by atoms with van der Waals surface area (Å²) in [5.41, 5.74) is 1.66. The number of hydrogen-bond donors (Lipinski definition) is 3. The number of carbonyl (C=O) groups is 1. The standard InChI is InChI=1S/C27H16Cl2FN3O5/c28-15-10-16(29)12-18(11-15)33-23-8-7-17(30)13-21(23)24(26(33)35)32-31-22-6-2-5-20(25(22)34)14-3-1-4-19(9-14)38-27(36)37/h1-13,34-35H,(H,36,37). The summed E-state index contributed by atoms with van der Waals surface area (Å²) in [7, 11) is 0. The molecular weight excluding hydrogens is 536 g/mol. The maximum atomic E-state index is 14.2. The Bertz CT molecular complexity index is 1730. The molecule has 0 unspecified atom stereocenters. The van der Waals surface area contributed by atoms with Crippen molar-refractivity contribution in [2.75, 3.05) is 0 Å². The normalized spacial score (nSPS) is 11.3. The van der Waals surface area contributed by atoms with E-state index in [9.17, 15) is 19.4 Å². The first-order valence-corrected chi connectivity index (χ1v) is 11.7. The van der Waals surface area contributed by atoms with Crippen molar-refractivity contribution in [3.8, 4) is 34.2 Å². The Morgan fingerprint density at radius 3 is 2.37 bits per heavy atom. The van der Waals surface area contributed by atoms with Crippen LogP contribution in [-0.2, 0) is 0 Å². The van der Waals surface area contributed by atoms with Crippen LogP contribution in [0.1, 0.15) is 0 Å². The largest absolute Gasteiger partial charge is 0.511 e. The number of benzene rings is 4. The van der Waals surface area contributed by atoms with Crippen LogP contribution in [0.2, 0.25) is 10.0 Å². The van der Waals surface area contributed by atoms with Gasteiger partial charge in [-0.15, -0.1) is 10.2 Å². The quantitative estimate of drug-likeness (QED) is 0.115. The van der Waals surface area contributed by atoms with Gasteiger partial charge in [-0.25, -0.2) is 9.18 Å². The van der Waals surface area contributed by atoms with Gasteiger partial charge in [-0.05, 0) is 60.2 Å². The van der Waals surface area contributed by atoms with Gasteiger partial charge in [0.1, 0.15) is 17.3 Å².